The van der Waals surface area contributed by atoms with Crippen LogP contribution in [0.3, 0.4) is 0 Å². The molecule has 1 aromatic rings. The minimum absolute atomic E-state index is 0.00384. The highest BCUT2D eigenvalue weighted by molar-refractivity contribution is 5.94. The topological polar surface area (TPSA) is 143 Å². The van der Waals surface area contributed by atoms with Crippen molar-refractivity contribution in [1.29, 1.82) is 0 Å². The number of hydrogen-bond donors (Lipinski definition) is 2. The van der Waals surface area contributed by atoms with Crippen LogP contribution in [0, 0.1) is 5.92 Å². The van der Waals surface area contributed by atoms with Crippen molar-refractivity contribution in [3.05, 3.63) is 35.9 Å². The van der Waals surface area contributed by atoms with Crippen molar-refractivity contribution < 1.29 is 38.6 Å². The van der Waals surface area contributed by atoms with E-state index in [2.05, 4.69) is 5.32 Å². The SMILES string of the molecule is CC(=O)OC(C)[C@@H](NC(=O)[C@@H](CC(C)C)N(C)C(=O)[C@@H]1CCCN1C(=O)C(C)O)C(=O)OCc1ccccc1. The molecule has 1 saturated heterocycles. The molecule has 1 fully saturated rings. The molecule has 11 heteroatoms. The molecule has 2 unspecified atom stereocenters. The van der Waals surface area contributed by atoms with Gasteiger partial charge in [0, 0.05) is 20.5 Å². The van der Waals surface area contributed by atoms with Gasteiger partial charge in [-0.15, -0.1) is 0 Å². The Morgan fingerprint density at radius 1 is 1.10 bits per heavy atom. The quantitative estimate of drug-likeness (QED) is 0.374. The monoisotopic (exact) mass is 547 g/mol. The Morgan fingerprint density at radius 3 is 2.31 bits per heavy atom. The summed E-state index contributed by atoms with van der Waals surface area (Å²) in [5.41, 5.74) is 0.743. The molecule has 5 atom stereocenters. The normalized spacial score (nSPS) is 18.1. The van der Waals surface area contributed by atoms with E-state index in [1.54, 1.807) is 24.3 Å². The van der Waals surface area contributed by atoms with Gasteiger partial charge in [0.25, 0.3) is 5.91 Å². The minimum atomic E-state index is -1.32. The second-order valence-electron chi connectivity index (χ2n) is 10.4. The van der Waals surface area contributed by atoms with Crippen LogP contribution in [-0.2, 0) is 40.1 Å². The number of esters is 2. The first-order valence-electron chi connectivity index (χ1n) is 13.3. The van der Waals surface area contributed by atoms with E-state index in [1.807, 2.05) is 19.9 Å². The van der Waals surface area contributed by atoms with Crippen LogP contribution < -0.4 is 5.32 Å². The van der Waals surface area contributed by atoms with Gasteiger partial charge in [0.05, 0.1) is 0 Å². The molecule has 0 radical (unpaired) electrons. The molecule has 216 valence electrons. The number of aliphatic hydroxyl groups excluding tert-OH is 1. The lowest BCUT2D eigenvalue weighted by atomic mass is 10.00. The highest BCUT2D eigenvalue weighted by Gasteiger charge is 2.41. The first kappa shape index (κ1) is 31.7. The first-order valence-corrected chi connectivity index (χ1v) is 13.3. The molecule has 2 rings (SSSR count). The molecule has 39 heavy (non-hydrogen) atoms. The lowest BCUT2D eigenvalue weighted by Gasteiger charge is -2.34. The van der Waals surface area contributed by atoms with E-state index in [0.29, 0.717) is 19.4 Å². The van der Waals surface area contributed by atoms with Gasteiger partial charge in [-0.2, -0.15) is 0 Å². The van der Waals surface area contributed by atoms with Crippen LogP contribution >= 0.6 is 0 Å². The van der Waals surface area contributed by atoms with Gasteiger partial charge in [-0.05, 0) is 44.6 Å². The largest absolute Gasteiger partial charge is 0.460 e. The third-order valence-corrected chi connectivity index (χ3v) is 6.59. The number of nitrogens with zero attached hydrogens (tertiary/aromatic N) is 2. The summed E-state index contributed by atoms with van der Waals surface area (Å²) in [5, 5.41) is 12.4. The summed E-state index contributed by atoms with van der Waals surface area (Å²) in [4.78, 5) is 66.8. The van der Waals surface area contributed by atoms with Crippen molar-refractivity contribution in [2.45, 2.75) is 90.8 Å². The fourth-order valence-corrected chi connectivity index (χ4v) is 4.57. The van der Waals surface area contributed by atoms with Crippen LogP contribution in [0.5, 0.6) is 0 Å². The summed E-state index contributed by atoms with van der Waals surface area (Å²) in [6.45, 7) is 8.10. The molecule has 11 nitrogen and oxygen atoms in total. The van der Waals surface area contributed by atoms with Gasteiger partial charge in [-0.1, -0.05) is 44.2 Å². The Hall–Kier alpha value is -3.47. The van der Waals surface area contributed by atoms with Crippen LogP contribution in [0.1, 0.15) is 59.4 Å². The van der Waals surface area contributed by atoms with Gasteiger partial charge >= 0.3 is 11.9 Å². The Labute approximate surface area is 229 Å². The molecule has 1 aromatic carbocycles. The lowest BCUT2D eigenvalue weighted by molar-refractivity contribution is -0.159. The number of carbonyl (C=O) groups excluding carboxylic acids is 5. The van der Waals surface area contributed by atoms with E-state index >= 15 is 0 Å². The second-order valence-corrected chi connectivity index (χ2v) is 10.4. The molecule has 1 aliphatic heterocycles. The minimum Gasteiger partial charge on any atom is -0.460 e. The van der Waals surface area contributed by atoms with Crippen molar-refractivity contribution in [2.75, 3.05) is 13.6 Å². The maximum absolute atomic E-state index is 13.6. The zero-order chi connectivity index (χ0) is 29.3. The fourth-order valence-electron chi connectivity index (χ4n) is 4.57. The number of nitrogens with one attached hydrogen (secondary N) is 1. The van der Waals surface area contributed by atoms with Crippen molar-refractivity contribution in [2.24, 2.45) is 5.92 Å². The molecule has 3 amide bonds. The number of carbonyl (C=O) groups is 5. The Bertz CT molecular complexity index is 1010. The van der Waals surface area contributed by atoms with Gasteiger partial charge in [0.15, 0.2) is 6.04 Å². The van der Waals surface area contributed by atoms with Gasteiger partial charge in [-0.25, -0.2) is 4.79 Å². The standard InChI is InChI=1S/C28H41N3O8/c1-17(2)15-23(30(6)27(36)22-13-10-14-31(22)26(35)18(3)32)25(34)29-24(19(4)39-20(5)33)28(37)38-16-21-11-8-7-9-12-21/h7-9,11-12,17-19,22-24,32H,10,13-16H2,1-6H3,(H,29,34)/t18?,19?,22-,23+,24+/m0/s1. The average molecular weight is 548 g/mol. The van der Waals surface area contributed by atoms with Gasteiger partial charge < -0.3 is 29.7 Å². The summed E-state index contributed by atoms with van der Waals surface area (Å²) in [7, 11) is 1.48. The Kier molecular flexibility index (Phi) is 11.9. The van der Waals surface area contributed by atoms with E-state index in [0.717, 1.165) is 5.56 Å². The van der Waals surface area contributed by atoms with E-state index in [9.17, 15) is 29.1 Å². The predicted octanol–water partition coefficient (Wildman–Crippen LogP) is 1.41. The summed E-state index contributed by atoms with van der Waals surface area (Å²) in [6.07, 6.45) is -0.999. The van der Waals surface area contributed by atoms with E-state index < -0.39 is 60.0 Å². The Morgan fingerprint density at radius 2 is 1.74 bits per heavy atom. The maximum atomic E-state index is 13.6. The van der Waals surface area contributed by atoms with E-state index in [1.165, 1.54) is 37.6 Å². The third-order valence-electron chi connectivity index (χ3n) is 6.59. The molecular formula is C28H41N3O8. The van der Waals surface area contributed by atoms with E-state index in [-0.39, 0.29) is 18.9 Å². The number of benzene rings is 1. The number of rotatable bonds is 12. The number of ether oxygens (including phenoxy) is 2. The van der Waals surface area contributed by atoms with Crippen molar-refractivity contribution >= 4 is 29.7 Å². The third kappa shape index (κ3) is 9.05. The number of amides is 3. The Balaban J connectivity index is 2.24. The molecule has 2 N–H and O–H groups in total. The van der Waals surface area contributed by atoms with Crippen LogP contribution in [0.4, 0.5) is 0 Å². The van der Waals surface area contributed by atoms with Crippen molar-refractivity contribution in [3.8, 4) is 0 Å². The van der Waals surface area contributed by atoms with E-state index in [4.69, 9.17) is 9.47 Å². The van der Waals surface area contributed by atoms with Gasteiger partial charge in [-0.3, -0.25) is 19.2 Å². The van der Waals surface area contributed by atoms with Crippen LogP contribution in [0.2, 0.25) is 0 Å². The molecule has 1 aliphatic rings. The molecule has 0 bridgehead atoms. The zero-order valence-electron chi connectivity index (χ0n) is 23.6. The summed E-state index contributed by atoms with van der Waals surface area (Å²) in [5.74, 6) is -3.01. The number of hydrogen-bond acceptors (Lipinski definition) is 8. The molecule has 1 heterocycles. The number of likely N-dealkylation sites (tertiary alicyclic amines) is 1. The van der Waals surface area contributed by atoms with Crippen molar-refractivity contribution in [3.63, 3.8) is 0 Å². The highest BCUT2D eigenvalue weighted by atomic mass is 16.6. The molecule has 0 aliphatic carbocycles. The summed E-state index contributed by atoms with van der Waals surface area (Å²) in [6, 6.07) is 5.90. The lowest BCUT2D eigenvalue weighted by Crippen LogP contribution is -2.58. The molecule has 0 saturated carbocycles. The first-order chi connectivity index (χ1) is 18.3. The van der Waals surface area contributed by atoms with Crippen LogP contribution in [0.15, 0.2) is 30.3 Å². The molecule has 0 spiro atoms. The van der Waals surface area contributed by atoms with Gasteiger partial charge in [0.1, 0.15) is 30.9 Å². The average Bonchev–Trinajstić information content (AvgIpc) is 3.37. The van der Waals surface area contributed by atoms with Crippen LogP contribution in [-0.4, -0.2) is 88.5 Å². The molecule has 0 aromatic heterocycles. The highest BCUT2D eigenvalue weighted by Crippen LogP contribution is 2.22. The van der Waals surface area contributed by atoms with Crippen LogP contribution in [0.25, 0.3) is 0 Å². The predicted molar refractivity (Wildman–Crippen MR) is 142 cm³/mol. The number of aliphatic hydroxyl groups is 1. The zero-order valence-corrected chi connectivity index (χ0v) is 23.6. The second kappa shape index (κ2) is 14.6. The summed E-state index contributed by atoms with van der Waals surface area (Å²) < 4.78 is 10.6. The number of likely N-dealkylation sites (N-methyl/N-ethyl adjacent to an activating group) is 1. The van der Waals surface area contributed by atoms with Gasteiger partial charge in [0.2, 0.25) is 11.8 Å². The van der Waals surface area contributed by atoms with Crippen molar-refractivity contribution in [1.82, 2.24) is 15.1 Å². The fraction of sp³-hybridized carbons (Fsp3) is 0.607. The maximum Gasteiger partial charge on any atom is 0.332 e. The molecular weight excluding hydrogens is 506 g/mol. The summed E-state index contributed by atoms with van der Waals surface area (Å²) >= 11 is 0. The smallest absolute Gasteiger partial charge is 0.332 e.